The van der Waals surface area contributed by atoms with Gasteiger partial charge in [-0.1, -0.05) is 18.2 Å². The van der Waals surface area contributed by atoms with E-state index in [4.69, 9.17) is 19.9 Å². The number of nitrogens with zero attached hydrogens (tertiary/aromatic N) is 2. The first-order valence-corrected chi connectivity index (χ1v) is 8.25. The van der Waals surface area contributed by atoms with Gasteiger partial charge in [-0.2, -0.15) is 0 Å². The predicted molar refractivity (Wildman–Crippen MR) is 86.2 cm³/mol. The van der Waals surface area contributed by atoms with Crippen LogP contribution in [0.25, 0.3) is 0 Å². The molecule has 0 aromatic heterocycles. The van der Waals surface area contributed by atoms with Crippen molar-refractivity contribution < 1.29 is 19.0 Å². The Hall–Kier alpha value is -2.25. The molecule has 7 nitrogen and oxygen atoms in total. The van der Waals surface area contributed by atoms with Gasteiger partial charge in [0, 0.05) is 25.7 Å². The Morgan fingerprint density at radius 3 is 2.88 bits per heavy atom. The molecule has 2 saturated heterocycles. The normalized spacial score (nSPS) is 27.5. The fourth-order valence-electron chi connectivity index (χ4n) is 3.23. The minimum absolute atomic E-state index is 0.180. The molecule has 0 unspecified atom stereocenters. The van der Waals surface area contributed by atoms with Crippen LogP contribution >= 0.6 is 0 Å². The van der Waals surface area contributed by atoms with Crippen molar-refractivity contribution in [2.75, 3.05) is 26.2 Å². The van der Waals surface area contributed by atoms with Gasteiger partial charge >= 0.3 is 6.09 Å². The minimum atomic E-state index is -0.404. The molecular formula is C17H21N3O4. The highest BCUT2D eigenvalue weighted by atomic mass is 16.6. The second-order valence-electron chi connectivity index (χ2n) is 6.43. The van der Waals surface area contributed by atoms with Gasteiger partial charge in [0.15, 0.2) is 12.0 Å². The largest absolute Gasteiger partial charge is 0.463 e. The molecule has 4 rings (SSSR count). The molecular weight excluding hydrogens is 310 g/mol. The summed E-state index contributed by atoms with van der Waals surface area (Å²) < 4.78 is 16.7. The lowest BCUT2D eigenvalue weighted by Gasteiger charge is -2.37. The smallest absolute Gasteiger partial charge is 0.417 e. The minimum Gasteiger partial charge on any atom is -0.463 e. The van der Waals surface area contributed by atoms with Crippen molar-refractivity contribution in [3.63, 3.8) is 0 Å². The molecule has 0 spiro atoms. The van der Waals surface area contributed by atoms with Gasteiger partial charge in [-0.25, -0.2) is 9.69 Å². The van der Waals surface area contributed by atoms with Crippen molar-refractivity contribution in [3.05, 3.63) is 48.0 Å². The molecule has 0 aromatic rings. The summed E-state index contributed by atoms with van der Waals surface area (Å²) in [5.74, 6) is 1.01. The summed E-state index contributed by atoms with van der Waals surface area (Å²) in [5.41, 5.74) is 6.84. The van der Waals surface area contributed by atoms with E-state index in [-0.39, 0.29) is 12.1 Å². The van der Waals surface area contributed by atoms with Crippen LogP contribution in [0.3, 0.4) is 0 Å². The predicted octanol–water partition coefficient (Wildman–Crippen LogP) is 1.41. The number of allylic oxidation sites excluding steroid dienone is 4. The monoisotopic (exact) mass is 331 g/mol. The van der Waals surface area contributed by atoms with Gasteiger partial charge in [0.1, 0.15) is 12.4 Å². The van der Waals surface area contributed by atoms with E-state index in [2.05, 4.69) is 11.0 Å². The summed E-state index contributed by atoms with van der Waals surface area (Å²) in [6.07, 6.45) is 10.4. The van der Waals surface area contributed by atoms with Crippen molar-refractivity contribution in [1.82, 2.24) is 9.80 Å². The quantitative estimate of drug-likeness (QED) is 0.839. The molecule has 0 radical (unpaired) electrons. The maximum atomic E-state index is 12.2. The van der Waals surface area contributed by atoms with Crippen LogP contribution in [0.1, 0.15) is 12.8 Å². The summed E-state index contributed by atoms with van der Waals surface area (Å²) in [4.78, 5) is 15.8. The highest BCUT2D eigenvalue weighted by Gasteiger charge is 2.38. The highest BCUT2D eigenvalue weighted by Crippen LogP contribution is 2.29. The number of amides is 1. The maximum Gasteiger partial charge on any atom is 0.417 e. The van der Waals surface area contributed by atoms with Crippen molar-refractivity contribution in [1.29, 1.82) is 0 Å². The van der Waals surface area contributed by atoms with Crippen molar-refractivity contribution in [2.24, 2.45) is 5.73 Å². The molecule has 24 heavy (non-hydrogen) atoms. The topological polar surface area (TPSA) is 77.3 Å². The van der Waals surface area contributed by atoms with E-state index in [0.29, 0.717) is 24.7 Å². The Bertz CT molecular complexity index is 646. The Labute approximate surface area is 140 Å². The summed E-state index contributed by atoms with van der Waals surface area (Å²) in [5, 5.41) is 0. The second-order valence-corrected chi connectivity index (χ2v) is 6.43. The number of ether oxygens (including phenoxy) is 3. The average molecular weight is 331 g/mol. The van der Waals surface area contributed by atoms with Crippen molar-refractivity contribution in [2.45, 2.75) is 25.0 Å². The zero-order valence-electron chi connectivity index (χ0n) is 13.4. The zero-order valence-corrected chi connectivity index (χ0v) is 13.4. The third-order valence-electron chi connectivity index (χ3n) is 4.48. The van der Waals surface area contributed by atoms with E-state index in [9.17, 15) is 4.79 Å². The van der Waals surface area contributed by atoms with E-state index in [1.54, 1.807) is 6.26 Å². The number of likely N-dealkylation sites (tertiary alicyclic amines) is 1. The first kappa shape index (κ1) is 15.3. The van der Waals surface area contributed by atoms with E-state index < -0.39 is 6.09 Å². The van der Waals surface area contributed by atoms with Crippen LogP contribution < -0.4 is 5.73 Å². The Morgan fingerprint density at radius 1 is 1.25 bits per heavy atom. The van der Waals surface area contributed by atoms with Crippen LogP contribution in [0.2, 0.25) is 0 Å². The Morgan fingerprint density at radius 2 is 2.12 bits per heavy atom. The lowest BCUT2D eigenvalue weighted by atomic mass is 10.0. The van der Waals surface area contributed by atoms with Gasteiger partial charge < -0.3 is 19.9 Å². The molecule has 2 N–H and O–H groups in total. The lowest BCUT2D eigenvalue weighted by Crippen LogP contribution is -2.57. The summed E-state index contributed by atoms with van der Waals surface area (Å²) in [6, 6.07) is 0.238. The standard InChI is InChI=1S/C17H21N3O4/c18-13-6-19(7-13)8-14-9-20(17(21)23-14)16-11-22-10-15(24-16)12-4-2-1-3-5-12/h1-2,4,10-11,13-14H,3,5-9,18H2/t14-/m1/s1. The first-order chi connectivity index (χ1) is 11.7. The molecule has 1 amide bonds. The summed E-state index contributed by atoms with van der Waals surface area (Å²) in [7, 11) is 0. The number of rotatable bonds is 4. The highest BCUT2D eigenvalue weighted by molar-refractivity contribution is 5.72. The first-order valence-electron chi connectivity index (χ1n) is 8.25. The Kier molecular flexibility index (Phi) is 4.03. The number of hydrogen-bond acceptors (Lipinski definition) is 6. The fraction of sp³-hybridized carbons (Fsp3) is 0.471. The number of hydrogen-bond donors (Lipinski definition) is 1. The molecule has 128 valence electrons. The molecule has 7 heteroatoms. The van der Waals surface area contributed by atoms with Crippen LogP contribution in [0.15, 0.2) is 48.0 Å². The third-order valence-corrected chi connectivity index (χ3v) is 4.48. The summed E-state index contributed by atoms with van der Waals surface area (Å²) in [6.45, 7) is 2.85. The van der Waals surface area contributed by atoms with E-state index >= 15 is 0 Å². The second kappa shape index (κ2) is 6.33. The van der Waals surface area contributed by atoms with Gasteiger partial charge in [-0.3, -0.25) is 4.90 Å². The van der Waals surface area contributed by atoms with Crippen LogP contribution in [-0.4, -0.2) is 54.2 Å². The van der Waals surface area contributed by atoms with Gasteiger partial charge in [-0.05, 0) is 18.4 Å². The van der Waals surface area contributed by atoms with Crippen LogP contribution in [0, 0.1) is 0 Å². The number of cyclic esters (lactones) is 1. The molecule has 0 aromatic carbocycles. The van der Waals surface area contributed by atoms with Crippen molar-refractivity contribution >= 4 is 6.09 Å². The van der Waals surface area contributed by atoms with E-state index in [0.717, 1.165) is 31.5 Å². The average Bonchev–Trinajstić information content (AvgIpc) is 2.95. The molecule has 3 aliphatic heterocycles. The molecule has 0 bridgehead atoms. The van der Waals surface area contributed by atoms with E-state index in [1.165, 1.54) is 11.2 Å². The van der Waals surface area contributed by atoms with Crippen LogP contribution in [-0.2, 0) is 14.2 Å². The molecule has 0 saturated carbocycles. The van der Waals surface area contributed by atoms with Gasteiger partial charge in [0.05, 0.1) is 6.54 Å². The van der Waals surface area contributed by atoms with Gasteiger partial charge in [-0.15, -0.1) is 0 Å². The van der Waals surface area contributed by atoms with Gasteiger partial charge in [0.2, 0.25) is 5.88 Å². The van der Waals surface area contributed by atoms with E-state index in [1.807, 2.05) is 12.2 Å². The molecule has 2 fully saturated rings. The summed E-state index contributed by atoms with van der Waals surface area (Å²) >= 11 is 0. The lowest BCUT2D eigenvalue weighted by molar-refractivity contribution is 0.0719. The number of carbonyl (C=O) groups is 1. The third kappa shape index (κ3) is 3.05. The molecule has 4 aliphatic rings. The van der Waals surface area contributed by atoms with Crippen molar-refractivity contribution in [3.8, 4) is 0 Å². The van der Waals surface area contributed by atoms with Crippen LogP contribution in [0.4, 0.5) is 4.79 Å². The number of nitrogens with two attached hydrogens (primary N) is 1. The Balaban J connectivity index is 1.37. The molecule has 1 aliphatic carbocycles. The number of carbonyl (C=O) groups excluding carboxylic acids is 1. The van der Waals surface area contributed by atoms with Gasteiger partial charge in [0.25, 0.3) is 0 Å². The van der Waals surface area contributed by atoms with Crippen LogP contribution in [0.5, 0.6) is 0 Å². The molecule has 3 heterocycles. The zero-order chi connectivity index (χ0) is 16.5. The fourth-order valence-corrected chi connectivity index (χ4v) is 3.23. The molecule has 1 atom stereocenters. The SMILES string of the molecule is NC1CN(C[C@@H]2CN(C3=COC=C(C4=CC=CCC4)O3)C(=O)O2)C1. The maximum absolute atomic E-state index is 12.2.